The molecule has 2 N–H and O–H groups in total. The number of nitrogens with zero attached hydrogens (tertiary/aromatic N) is 1. The van der Waals surface area contributed by atoms with Crippen molar-refractivity contribution < 1.29 is 14.3 Å². The van der Waals surface area contributed by atoms with Crippen molar-refractivity contribution in [1.82, 2.24) is 4.98 Å². The average molecular weight is 250 g/mol. The second-order valence-electron chi connectivity index (χ2n) is 4.42. The van der Waals surface area contributed by atoms with Gasteiger partial charge in [0.15, 0.2) is 0 Å². The maximum absolute atomic E-state index is 11.4. The van der Waals surface area contributed by atoms with E-state index in [-0.39, 0.29) is 18.1 Å². The molecule has 0 radical (unpaired) electrons. The van der Waals surface area contributed by atoms with Gasteiger partial charge in [-0.05, 0) is 32.3 Å². The van der Waals surface area contributed by atoms with Crippen molar-refractivity contribution in [3.05, 3.63) is 23.9 Å². The first-order valence-electron chi connectivity index (χ1n) is 6.24. The van der Waals surface area contributed by atoms with Gasteiger partial charge in [-0.2, -0.15) is 0 Å². The number of nitrogens with two attached hydrogens (primary N) is 1. The van der Waals surface area contributed by atoms with Gasteiger partial charge in [-0.15, -0.1) is 0 Å². The second kappa shape index (κ2) is 5.82. The molecule has 1 aliphatic carbocycles. The monoisotopic (exact) mass is 250 g/mol. The van der Waals surface area contributed by atoms with Gasteiger partial charge in [-0.25, -0.2) is 9.78 Å². The lowest BCUT2D eigenvalue weighted by Gasteiger charge is -2.12. The fraction of sp³-hybridized carbons (Fsp3) is 0.538. The normalized spacial score (nSPS) is 22.8. The predicted octanol–water partition coefficient (Wildman–Crippen LogP) is 1.52. The van der Waals surface area contributed by atoms with E-state index in [4.69, 9.17) is 15.2 Å². The smallest absolute Gasteiger partial charge is 0.339 e. The minimum atomic E-state index is -0.362. The van der Waals surface area contributed by atoms with E-state index >= 15 is 0 Å². The molecule has 2 rings (SSSR count). The predicted molar refractivity (Wildman–Crippen MR) is 66.4 cm³/mol. The van der Waals surface area contributed by atoms with Crippen molar-refractivity contribution >= 4 is 5.97 Å². The van der Waals surface area contributed by atoms with E-state index in [1.54, 1.807) is 19.1 Å². The van der Waals surface area contributed by atoms with E-state index in [0.29, 0.717) is 18.1 Å². The number of carbonyl (C=O) groups is 1. The van der Waals surface area contributed by atoms with Crippen LogP contribution in [0, 0.1) is 0 Å². The van der Waals surface area contributed by atoms with Crippen LogP contribution in [-0.2, 0) is 4.74 Å². The average Bonchev–Trinajstić information content (AvgIpc) is 2.76. The van der Waals surface area contributed by atoms with E-state index in [2.05, 4.69) is 4.98 Å². The Bertz CT molecular complexity index is 405. The highest BCUT2D eigenvalue weighted by Gasteiger charge is 2.23. The molecular weight excluding hydrogens is 232 g/mol. The Kier molecular flexibility index (Phi) is 4.15. The Labute approximate surface area is 106 Å². The van der Waals surface area contributed by atoms with Gasteiger partial charge >= 0.3 is 5.97 Å². The highest BCUT2D eigenvalue weighted by atomic mass is 16.5. The Hall–Kier alpha value is -1.62. The fourth-order valence-corrected chi connectivity index (χ4v) is 2.04. The highest BCUT2D eigenvalue weighted by molar-refractivity contribution is 5.89. The number of hydrogen-bond donors (Lipinski definition) is 1. The summed E-state index contributed by atoms with van der Waals surface area (Å²) in [6, 6.07) is 3.58. The van der Waals surface area contributed by atoms with Crippen LogP contribution in [0.15, 0.2) is 18.3 Å². The molecule has 5 heteroatoms. The zero-order chi connectivity index (χ0) is 13.0. The number of aromatic nitrogens is 1. The van der Waals surface area contributed by atoms with Crippen LogP contribution in [0.1, 0.15) is 36.5 Å². The van der Waals surface area contributed by atoms with E-state index in [0.717, 1.165) is 19.3 Å². The molecule has 98 valence electrons. The van der Waals surface area contributed by atoms with Gasteiger partial charge in [-0.3, -0.25) is 0 Å². The summed E-state index contributed by atoms with van der Waals surface area (Å²) < 4.78 is 10.6. The molecule has 5 nitrogen and oxygen atoms in total. The van der Waals surface area contributed by atoms with Crippen LogP contribution < -0.4 is 10.5 Å². The van der Waals surface area contributed by atoms with Crippen LogP contribution in [0.2, 0.25) is 0 Å². The molecule has 1 fully saturated rings. The van der Waals surface area contributed by atoms with Crippen molar-refractivity contribution in [3.8, 4) is 5.88 Å². The maximum atomic E-state index is 11.4. The molecule has 1 heterocycles. The lowest BCUT2D eigenvalue weighted by Crippen LogP contribution is -2.19. The van der Waals surface area contributed by atoms with Crippen molar-refractivity contribution in [2.45, 2.75) is 38.3 Å². The standard InChI is InChI=1S/C13H18N2O3/c1-2-17-13(16)9-3-6-12(15-8-9)18-11-5-4-10(14)7-11/h3,6,8,10-11H,2,4-5,7,14H2,1H3. The van der Waals surface area contributed by atoms with E-state index < -0.39 is 0 Å². The Balaban J connectivity index is 1.93. The van der Waals surface area contributed by atoms with Crippen LogP contribution in [0.5, 0.6) is 5.88 Å². The van der Waals surface area contributed by atoms with Crippen molar-refractivity contribution in [2.24, 2.45) is 5.73 Å². The Morgan fingerprint density at radius 3 is 2.89 bits per heavy atom. The van der Waals surface area contributed by atoms with Gasteiger partial charge in [0.2, 0.25) is 5.88 Å². The van der Waals surface area contributed by atoms with Crippen molar-refractivity contribution in [1.29, 1.82) is 0 Å². The molecule has 18 heavy (non-hydrogen) atoms. The minimum absolute atomic E-state index is 0.140. The summed E-state index contributed by atoms with van der Waals surface area (Å²) in [7, 11) is 0. The number of rotatable bonds is 4. The Morgan fingerprint density at radius 2 is 2.33 bits per heavy atom. The van der Waals surface area contributed by atoms with Gasteiger partial charge in [0.1, 0.15) is 6.10 Å². The van der Waals surface area contributed by atoms with Gasteiger partial charge < -0.3 is 15.2 Å². The van der Waals surface area contributed by atoms with Crippen LogP contribution >= 0.6 is 0 Å². The number of esters is 1. The number of ether oxygens (including phenoxy) is 2. The minimum Gasteiger partial charge on any atom is -0.474 e. The van der Waals surface area contributed by atoms with Crippen molar-refractivity contribution in [3.63, 3.8) is 0 Å². The molecule has 0 aliphatic heterocycles. The molecular formula is C13H18N2O3. The van der Waals surface area contributed by atoms with Gasteiger partial charge in [-0.1, -0.05) is 0 Å². The number of pyridine rings is 1. The number of hydrogen-bond acceptors (Lipinski definition) is 5. The van der Waals surface area contributed by atoms with Crippen LogP contribution in [-0.4, -0.2) is 29.7 Å². The van der Waals surface area contributed by atoms with E-state index in [1.807, 2.05) is 0 Å². The number of carbonyl (C=O) groups excluding carboxylic acids is 1. The third kappa shape index (κ3) is 3.20. The summed E-state index contributed by atoms with van der Waals surface area (Å²) in [6.45, 7) is 2.13. The van der Waals surface area contributed by atoms with E-state index in [9.17, 15) is 4.79 Å². The molecule has 0 aromatic carbocycles. The molecule has 0 amide bonds. The van der Waals surface area contributed by atoms with Gasteiger partial charge in [0.25, 0.3) is 0 Å². The summed E-state index contributed by atoms with van der Waals surface area (Å²) in [4.78, 5) is 15.5. The molecule has 0 saturated heterocycles. The highest BCUT2D eigenvalue weighted by Crippen LogP contribution is 2.22. The third-order valence-corrected chi connectivity index (χ3v) is 2.96. The Morgan fingerprint density at radius 1 is 1.50 bits per heavy atom. The zero-order valence-electron chi connectivity index (χ0n) is 10.5. The summed E-state index contributed by atoms with van der Waals surface area (Å²) in [5.74, 6) is 0.168. The molecule has 1 saturated carbocycles. The second-order valence-corrected chi connectivity index (χ2v) is 4.42. The molecule has 1 aromatic rings. The van der Waals surface area contributed by atoms with Crippen LogP contribution in [0.3, 0.4) is 0 Å². The quantitative estimate of drug-likeness (QED) is 0.820. The van der Waals surface area contributed by atoms with Crippen molar-refractivity contribution in [2.75, 3.05) is 6.61 Å². The first-order chi connectivity index (χ1) is 8.69. The molecule has 2 atom stereocenters. The summed E-state index contributed by atoms with van der Waals surface area (Å²) in [5, 5.41) is 0. The van der Waals surface area contributed by atoms with Crippen LogP contribution in [0.4, 0.5) is 0 Å². The first kappa shape index (κ1) is 12.8. The maximum Gasteiger partial charge on any atom is 0.339 e. The van der Waals surface area contributed by atoms with Gasteiger partial charge in [0, 0.05) is 18.3 Å². The van der Waals surface area contributed by atoms with E-state index in [1.165, 1.54) is 6.20 Å². The summed E-state index contributed by atoms with van der Waals surface area (Å²) in [6.07, 6.45) is 4.43. The topological polar surface area (TPSA) is 74.4 Å². The van der Waals surface area contributed by atoms with Crippen LogP contribution in [0.25, 0.3) is 0 Å². The largest absolute Gasteiger partial charge is 0.474 e. The zero-order valence-corrected chi connectivity index (χ0v) is 10.5. The lowest BCUT2D eigenvalue weighted by atomic mass is 10.3. The fourth-order valence-electron chi connectivity index (χ4n) is 2.04. The summed E-state index contributed by atoms with van der Waals surface area (Å²) >= 11 is 0. The molecule has 0 spiro atoms. The summed E-state index contributed by atoms with van der Waals surface area (Å²) in [5.41, 5.74) is 6.25. The molecule has 2 unspecified atom stereocenters. The molecule has 0 bridgehead atoms. The third-order valence-electron chi connectivity index (χ3n) is 2.96. The van der Waals surface area contributed by atoms with Gasteiger partial charge in [0.05, 0.1) is 12.2 Å². The first-order valence-corrected chi connectivity index (χ1v) is 6.24. The SMILES string of the molecule is CCOC(=O)c1ccc(OC2CCC(N)C2)nc1. The molecule has 1 aliphatic rings. The molecule has 1 aromatic heterocycles. The lowest BCUT2D eigenvalue weighted by molar-refractivity contribution is 0.0525.